The fourth-order valence-electron chi connectivity index (χ4n) is 4.39. The average Bonchev–Trinajstić information content (AvgIpc) is 3.20. The Labute approximate surface area is 170 Å². The highest BCUT2D eigenvalue weighted by Crippen LogP contribution is 2.33. The molecule has 0 radical (unpaired) electrons. The predicted octanol–water partition coefficient (Wildman–Crippen LogP) is 5.15. The van der Waals surface area contributed by atoms with Crippen molar-refractivity contribution < 1.29 is 4.79 Å². The van der Waals surface area contributed by atoms with E-state index in [-0.39, 0.29) is 11.8 Å². The molecule has 28 heavy (non-hydrogen) atoms. The number of nitriles is 1. The fourth-order valence-corrected chi connectivity index (χ4v) is 4.60. The van der Waals surface area contributed by atoms with E-state index in [1.807, 2.05) is 18.2 Å². The third-order valence-electron chi connectivity index (χ3n) is 5.96. The quantitative estimate of drug-likeness (QED) is 0.776. The fraction of sp³-hybridized carbons (Fsp3) is 0.500. The molecule has 1 amide bonds. The van der Waals surface area contributed by atoms with Crippen LogP contribution < -0.4 is 10.2 Å². The largest absolute Gasteiger partial charge is 0.355 e. The number of aromatic nitrogens is 1. The van der Waals surface area contributed by atoms with E-state index < -0.39 is 0 Å². The van der Waals surface area contributed by atoms with Crippen molar-refractivity contribution in [3.05, 3.63) is 29.3 Å². The number of carbonyl (C=O) groups excluding carboxylic acids is 1. The second-order valence-corrected chi connectivity index (χ2v) is 8.38. The number of hydrogen-bond donors (Lipinski definition) is 1. The topological polar surface area (TPSA) is 69.0 Å². The number of pyridine rings is 1. The maximum Gasteiger partial charge on any atom is 0.224 e. The molecule has 1 aromatic heterocycles. The van der Waals surface area contributed by atoms with Gasteiger partial charge in [-0.1, -0.05) is 30.9 Å². The van der Waals surface area contributed by atoms with Gasteiger partial charge in [0.05, 0.1) is 28.2 Å². The Bertz CT molecular complexity index is 917. The molecule has 1 N–H and O–H groups in total. The average molecular weight is 397 g/mol. The number of amides is 1. The standard InChI is InChI=1S/C22H25ClN4O/c23-18-7-8-19-17(6-9-20(25-19)27-11-10-16(13-24)14-27)22(18)26-21(28)12-15-4-2-1-3-5-15/h6-9,15-16H,1-5,10-12,14H2,(H,26,28)/t16-/m1/s1. The second kappa shape index (κ2) is 8.36. The van der Waals surface area contributed by atoms with E-state index in [0.29, 0.717) is 29.6 Å². The second-order valence-electron chi connectivity index (χ2n) is 7.98. The van der Waals surface area contributed by atoms with Gasteiger partial charge in [0, 0.05) is 24.9 Å². The van der Waals surface area contributed by atoms with E-state index in [1.165, 1.54) is 19.3 Å². The highest BCUT2D eigenvalue weighted by atomic mass is 35.5. The van der Waals surface area contributed by atoms with E-state index in [2.05, 4.69) is 16.3 Å². The third-order valence-corrected chi connectivity index (χ3v) is 6.28. The van der Waals surface area contributed by atoms with Crippen molar-refractivity contribution in [2.75, 3.05) is 23.3 Å². The van der Waals surface area contributed by atoms with Gasteiger partial charge >= 0.3 is 0 Å². The molecule has 1 aromatic carbocycles. The normalized spacial score (nSPS) is 20.3. The number of carbonyl (C=O) groups is 1. The summed E-state index contributed by atoms with van der Waals surface area (Å²) in [4.78, 5) is 19.5. The summed E-state index contributed by atoms with van der Waals surface area (Å²) in [6, 6.07) is 9.94. The Hall–Kier alpha value is -2.32. The first-order valence-corrected chi connectivity index (χ1v) is 10.6. The first kappa shape index (κ1) is 19.0. The van der Waals surface area contributed by atoms with Crippen LogP contribution in [0.3, 0.4) is 0 Å². The molecular weight excluding hydrogens is 372 g/mol. The highest BCUT2D eigenvalue weighted by molar-refractivity contribution is 6.35. The van der Waals surface area contributed by atoms with Gasteiger partial charge in [-0.25, -0.2) is 4.98 Å². The predicted molar refractivity (Wildman–Crippen MR) is 113 cm³/mol. The summed E-state index contributed by atoms with van der Waals surface area (Å²) >= 11 is 6.41. The van der Waals surface area contributed by atoms with E-state index in [0.717, 1.165) is 42.5 Å². The summed E-state index contributed by atoms with van der Waals surface area (Å²) in [7, 11) is 0. The minimum Gasteiger partial charge on any atom is -0.355 e. The lowest BCUT2D eigenvalue weighted by molar-refractivity contribution is -0.117. The molecule has 2 aromatic rings. The van der Waals surface area contributed by atoms with Gasteiger partial charge < -0.3 is 10.2 Å². The molecule has 2 heterocycles. The molecule has 1 aliphatic heterocycles. The van der Waals surface area contributed by atoms with Crippen molar-refractivity contribution >= 4 is 39.9 Å². The Balaban J connectivity index is 1.54. The van der Waals surface area contributed by atoms with E-state index >= 15 is 0 Å². The molecule has 146 valence electrons. The molecule has 1 saturated carbocycles. The lowest BCUT2D eigenvalue weighted by Crippen LogP contribution is -2.20. The minimum atomic E-state index is 0.0294. The molecular formula is C22H25ClN4O. The van der Waals surface area contributed by atoms with Gasteiger partial charge in [0.25, 0.3) is 0 Å². The minimum absolute atomic E-state index is 0.0294. The molecule has 1 aliphatic carbocycles. The SMILES string of the molecule is N#C[C@H]1CCN(c2ccc3c(NC(=O)CC4CCCCC4)c(Cl)ccc3n2)C1. The molecule has 6 heteroatoms. The Kier molecular flexibility index (Phi) is 5.68. The first-order valence-electron chi connectivity index (χ1n) is 10.2. The van der Waals surface area contributed by atoms with Crippen LogP contribution in [0, 0.1) is 23.2 Å². The summed E-state index contributed by atoms with van der Waals surface area (Å²) in [6.45, 7) is 1.56. The molecule has 1 atom stereocenters. The molecule has 2 fully saturated rings. The van der Waals surface area contributed by atoms with Crippen LogP contribution >= 0.6 is 11.6 Å². The molecule has 1 saturated heterocycles. The van der Waals surface area contributed by atoms with E-state index in [4.69, 9.17) is 21.8 Å². The van der Waals surface area contributed by atoms with Crippen molar-refractivity contribution in [1.82, 2.24) is 4.98 Å². The van der Waals surface area contributed by atoms with Crippen molar-refractivity contribution in [3.8, 4) is 6.07 Å². The number of nitrogens with zero attached hydrogens (tertiary/aromatic N) is 3. The van der Waals surface area contributed by atoms with Crippen molar-refractivity contribution in [3.63, 3.8) is 0 Å². The van der Waals surface area contributed by atoms with Crippen LogP contribution in [0.1, 0.15) is 44.9 Å². The van der Waals surface area contributed by atoms with Crippen LogP contribution in [0.4, 0.5) is 11.5 Å². The number of benzene rings is 1. The number of hydrogen-bond acceptors (Lipinski definition) is 4. The van der Waals surface area contributed by atoms with Crippen molar-refractivity contribution in [2.45, 2.75) is 44.9 Å². The van der Waals surface area contributed by atoms with Gasteiger partial charge in [-0.05, 0) is 49.4 Å². The monoisotopic (exact) mass is 396 g/mol. The van der Waals surface area contributed by atoms with Gasteiger partial charge in [-0.2, -0.15) is 5.26 Å². The summed E-state index contributed by atoms with van der Waals surface area (Å²) in [5.74, 6) is 1.45. The smallest absolute Gasteiger partial charge is 0.224 e. The lowest BCUT2D eigenvalue weighted by atomic mass is 9.87. The Morgan fingerprint density at radius 1 is 1.21 bits per heavy atom. The Morgan fingerprint density at radius 2 is 2.04 bits per heavy atom. The van der Waals surface area contributed by atoms with E-state index in [9.17, 15) is 4.79 Å². The summed E-state index contributed by atoms with van der Waals surface area (Å²) in [6.07, 6.45) is 7.45. The summed E-state index contributed by atoms with van der Waals surface area (Å²) in [5.41, 5.74) is 1.45. The zero-order valence-corrected chi connectivity index (χ0v) is 16.7. The van der Waals surface area contributed by atoms with Gasteiger partial charge in [-0.3, -0.25) is 4.79 Å². The molecule has 0 spiro atoms. The van der Waals surface area contributed by atoms with Crippen LogP contribution in [0.2, 0.25) is 5.02 Å². The van der Waals surface area contributed by atoms with Crippen molar-refractivity contribution in [2.24, 2.45) is 11.8 Å². The van der Waals surface area contributed by atoms with E-state index in [1.54, 1.807) is 6.07 Å². The zero-order chi connectivity index (χ0) is 19.5. The van der Waals surface area contributed by atoms with Gasteiger partial charge in [0.2, 0.25) is 5.91 Å². The molecule has 0 unspecified atom stereocenters. The van der Waals surface area contributed by atoms with Crippen molar-refractivity contribution in [1.29, 1.82) is 5.26 Å². The number of fused-ring (bicyclic) bond motifs is 1. The summed E-state index contributed by atoms with van der Waals surface area (Å²) < 4.78 is 0. The van der Waals surface area contributed by atoms with Crippen LogP contribution in [-0.2, 0) is 4.79 Å². The van der Waals surface area contributed by atoms with Gasteiger partial charge in [-0.15, -0.1) is 0 Å². The number of anilines is 2. The van der Waals surface area contributed by atoms with Crippen LogP contribution in [-0.4, -0.2) is 24.0 Å². The first-order chi connectivity index (χ1) is 13.6. The highest BCUT2D eigenvalue weighted by Gasteiger charge is 2.24. The number of rotatable bonds is 4. The zero-order valence-electron chi connectivity index (χ0n) is 16.0. The van der Waals surface area contributed by atoms with Crippen LogP contribution in [0.15, 0.2) is 24.3 Å². The molecule has 4 rings (SSSR count). The van der Waals surface area contributed by atoms with Crippen LogP contribution in [0.25, 0.3) is 10.9 Å². The van der Waals surface area contributed by atoms with Gasteiger partial charge in [0.1, 0.15) is 5.82 Å². The van der Waals surface area contributed by atoms with Crippen LogP contribution in [0.5, 0.6) is 0 Å². The van der Waals surface area contributed by atoms with Gasteiger partial charge in [0.15, 0.2) is 0 Å². The molecule has 0 bridgehead atoms. The molecule has 5 nitrogen and oxygen atoms in total. The summed E-state index contributed by atoms with van der Waals surface area (Å²) in [5, 5.41) is 13.5. The maximum absolute atomic E-state index is 12.6. The maximum atomic E-state index is 12.6. The molecule has 2 aliphatic rings. The number of nitrogens with one attached hydrogen (secondary N) is 1. The third kappa shape index (κ3) is 4.07. The lowest BCUT2D eigenvalue weighted by Gasteiger charge is -2.21. The number of halogens is 1. The Morgan fingerprint density at radius 3 is 2.79 bits per heavy atom.